The van der Waals surface area contributed by atoms with Crippen LogP contribution in [0, 0.1) is 40.4 Å². The Balaban J connectivity index is 1.35. The number of ether oxygens (including phenoxy) is 2. The van der Waals surface area contributed by atoms with Crippen molar-refractivity contribution in [1.82, 2.24) is 10.2 Å². The van der Waals surface area contributed by atoms with Gasteiger partial charge in [0.25, 0.3) is 0 Å². The first kappa shape index (κ1) is 39.4. The van der Waals surface area contributed by atoms with Crippen LogP contribution in [-0.4, -0.2) is 52.5 Å². The molecule has 9 rings (SSSR count). The van der Waals surface area contributed by atoms with Gasteiger partial charge in [-0.2, -0.15) is 0 Å². The van der Waals surface area contributed by atoms with Crippen molar-refractivity contribution in [2.24, 2.45) is 40.4 Å². The van der Waals surface area contributed by atoms with Crippen molar-refractivity contribution < 1.29 is 14.3 Å². The molecular weight excluding hydrogens is 677 g/mol. The molecule has 5 nitrogen and oxygen atoms in total. The number of alkyl carbamates (subject to hydrolysis) is 1. The Morgan fingerprint density at radius 1 is 0.582 bits per heavy atom. The summed E-state index contributed by atoms with van der Waals surface area (Å²) in [4.78, 5) is 17.5. The lowest BCUT2D eigenvalue weighted by Gasteiger charge is -2.65. The topological polar surface area (TPSA) is 50.8 Å². The second kappa shape index (κ2) is 15.8. The van der Waals surface area contributed by atoms with E-state index in [4.69, 9.17) is 9.47 Å². The number of nitrogens with one attached hydrogen (secondary N) is 1. The third-order valence-electron chi connectivity index (χ3n) is 18.4. The number of carbonyl (C=O) groups excluding carboxylic acids is 1. The Hall–Kier alpha value is -1.07. The third-order valence-corrected chi connectivity index (χ3v) is 18.4. The lowest BCUT2D eigenvalue weighted by atomic mass is 9.35. The highest BCUT2D eigenvalue weighted by molar-refractivity contribution is 5.68. The highest BCUT2D eigenvalue weighted by Crippen LogP contribution is 2.85. The first-order valence-corrected chi connectivity index (χ1v) is 24.9. The van der Waals surface area contributed by atoms with Gasteiger partial charge >= 0.3 is 6.09 Å². The van der Waals surface area contributed by atoms with Gasteiger partial charge in [0.05, 0.1) is 12.1 Å². The Bertz CT molecular complexity index is 1340. The molecule has 1 amide bonds. The zero-order valence-corrected chi connectivity index (χ0v) is 35.9. The number of hydrogen-bond acceptors (Lipinski definition) is 4. The molecule has 6 unspecified atom stereocenters. The summed E-state index contributed by atoms with van der Waals surface area (Å²) in [7, 11) is 0. The Labute approximate surface area is 337 Å². The molecule has 3 aliphatic heterocycles. The minimum absolute atomic E-state index is 0.00873. The highest BCUT2D eigenvalue weighted by atomic mass is 16.6. The van der Waals surface area contributed by atoms with Crippen LogP contribution in [0.25, 0.3) is 0 Å². The summed E-state index contributed by atoms with van der Waals surface area (Å²) in [5.41, 5.74) is -1.20. The molecule has 1 N–H and O–H groups in total. The minimum Gasteiger partial charge on any atom is -0.444 e. The highest BCUT2D eigenvalue weighted by Gasteiger charge is 2.91. The van der Waals surface area contributed by atoms with Gasteiger partial charge in [-0.1, -0.05) is 128 Å². The van der Waals surface area contributed by atoms with Gasteiger partial charge in [-0.05, 0) is 127 Å². The summed E-state index contributed by atoms with van der Waals surface area (Å²) in [6.07, 6.45) is 47.1. The molecule has 0 radical (unpaired) electrons. The maximum atomic E-state index is 14.0. The molecule has 0 aromatic heterocycles. The average molecular weight is 759 g/mol. The van der Waals surface area contributed by atoms with Crippen LogP contribution in [0.4, 0.5) is 4.79 Å². The van der Waals surface area contributed by atoms with Crippen LogP contribution in [0.15, 0.2) is 12.2 Å². The molecule has 2 saturated heterocycles. The number of fused-ring (bicyclic) bond motifs is 5. The van der Waals surface area contributed by atoms with Gasteiger partial charge in [-0.25, -0.2) is 4.79 Å². The molecule has 9 aliphatic rings. The van der Waals surface area contributed by atoms with E-state index in [0.29, 0.717) is 42.4 Å². The number of likely N-dealkylation sites (tertiary alicyclic amines) is 1. The molecule has 55 heavy (non-hydrogen) atoms. The minimum atomic E-state index is -0.523. The molecule has 0 spiro atoms. The van der Waals surface area contributed by atoms with Gasteiger partial charge in [0.2, 0.25) is 0 Å². The molecule has 2 bridgehead atoms. The standard InChI is InChI=1S/C50H82N2O3/c1-46(2,3)54-45(53)51-36-47-34-35-48(55-47,39-26-14-6-15-27-39)50(41-30-18-8-19-31-41)44(38-24-12-5-13-25-38)52(42-32-20-9-21-33-42)43(37-22-10-4-11-23-37)49(47,50)40-28-16-7-17-29-40/h34-35,37-44H,4-33,36H2,1-3H3,(H,51,53). The molecule has 6 saturated carbocycles. The lowest BCUT2D eigenvalue weighted by Crippen LogP contribution is -2.71. The van der Waals surface area contributed by atoms with Crippen molar-refractivity contribution in [2.75, 3.05) is 6.54 Å². The lowest BCUT2D eigenvalue weighted by molar-refractivity contribution is -0.160. The number of carbonyl (C=O) groups is 1. The molecule has 8 fully saturated rings. The fraction of sp³-hybridized carbons (Fsp3) is 0.940. The van der Waals surface area contributed by atoms with Crippen molar-refractivity contribution >= 4 is 6.09 Å². The van der Waals surface area contributed by atoms with E-state index < -0.39 is 11.2 Å². The van der Waals surface area contributed by atoms with Crippen molar-refractivity contribution in [3.8, 4) is 0 Å². The van der Waals surface area contributed by atoms with Crippen LogP contribution in [0.1, 0.15) is 213 Å². The monoisotopic (exact) mass is 759 g/mol. The molecule has 5 heteroatoms. The fourth-order valence-corrected chi connectivity index (χ4v) is 17.1. The molecular formula is C50H82N2O3. The summed E-state index contributed by atoms with van der Waals surface area (Å²) in [6, 6.07) is 1.85. The van der Waals surface area contributed by atoms with E-state index in [-0.39, 0.29) is 22.5 Å². The van der Waals surface area contributed by atoms with E-state index in [2.05, 4.69) is 22.4 Å². The van der Waals surface area contributed by atoms with Crippen LogP contribution in [0.2, 0.25) is 0 Å². The average Bonchev–Trinajstić information content (AvgIpc) is 3.84. The summed E-state index contributed by atoms with van der Waals surface area (Å²) in [5, 5.41) is 3.57. The molecule has 6 atom stereocenters. The summed E-state index contributed by atoms with van der Waals surface area (Å²) in [6.45, 7) is 6.64. The van der Waals surface area contributed by atoms with E-state index in [9.17, 15) is 4.79 Å². The normalized spacial score (nSPS) is 40.8. The van der Waals surface area contributed by atoms with Crippen molar-refractivity contribution in [2.45, 2.75) is 248 Å². The number of hydrogen-bond donors (Lipinski definition) is 1. The second-order valence-corrected chi connectivity index (χ2v) is 22.1. The molecule has 0 aromatic carbocycles. The van der Waals surface area contributed by atoms with Gasteiger partial charge in [0.1, 0.15) is 11.2 Å². The number of amides is 1. The van der Waals surface area contributed by atoms with Gasteiger partial charge in [0, 0.05) is 29.0 Å². The third kappa shape index (κ3) is 6.27. The van der Waals surface area contributed by atoms with Crippen molar-refractivity contribution in [3.63, 3.8) is 0 Å². The number of nitrogens with zero attached hydrogens (tertiary/aromatic N) is 1. The van der Waals surface area contributed by atoms with E-state index >= 15 is 0 Å². The van der Waals surface area contributed by atoms with Gasteiger partial charge in [-0.3, -0.25) is 4.90 Å². The van der Waals surface area contributed by atoms with E-state index in [1.807, 2.05) is 20.8 Å². The maximum absolute atomic E-state index is 14.0. The predicted molar refractivity (Wildman–Crippen MR) is 224 cm³/mol. The summed E-state index contributed by atoms with van der Waals surface area (Å²) in [5.74, 6) is 3.42. The molecule has 3 heterocycles. The van der Waals surface area contributed by atoms with Crippen LogP contribution in [-0.2, 0) is 9.47 Å². The van der Waals surface area contributed by atoms with Crippen LogP contribution < -0.4 is 5.32 Å². The van der Waals surface area contributed by atoms with E-state index in [1.54, 1.807) is 0 Å². The van der Waals surface area contributed by atoms with Gasteiger partial charge < -0.3 is 14.8 Å². The van der Waals surface area contributed by atoms with Crippen LogP contribution in [0.5, 0.6) is 0 Å². The fourth-order valence-electron chi connectivity index (χ4n) is 17.1. The van der Waals surface area contributed by atoms with Gasteiger partial charge in [0.15, 0.2) is 0 Å². The predicted octanol–water partition coefficient (Wildman–Crippen LogP) is 12.8. The Morgan fingerprint density at radius 2 is 1.00 bits per heavy atom. The largest absolute Gasteiger partial charge is 0.444 e. The number of rotatable bonds is 8. The smallest absolute Gasteiger partial charge is 0.407 e. The first-order valence-electron chi connectivity index (χ1n) is 24.9. The zero-order chi connectivity index (χ0) is 37.7. The second-order valence-electron chi connectivity index (χ2n) is 22.1. The summed E-state index contributed by atoms with van der Waals surface area (Å²) >= 11 is 0. The quantitative estimate of drug-likeness (QED) is 0.251. The zero-order valence-electron chi connectivity index (χ0n) is 35.9. The maximum Gasteiger partial charge on any atom is 0.407 e. The summed E-state index contributed by atoms with van der Waals surface area (Å²) < 4.78 is 14.7. The van der Waals surface area contributed by atoms with Crippen molar-refractivity contribution in [3.05, 3.63) is 12.2 Å². The Kier molecular flexibility index (Phi) is 11.3. The first-order chi connectivity index (χ1) is 26.8. The molecule has 6 aliphatic carbocycles. The van der Waals surface area contributed by atoms with Crippen LogP contribution >= 0.6 is 0 Å². The SMILES string of the molecule is CC(C)(C)OC(=O)NCC12C=CC(C3CCCCC3)(O1)C1(C3CCCCC3)C(C3CCCCC3)N(C3CCCCC3)C(C3CCCCC3)C21C1CCCCC1. The van der Waals surface area contributed by atoms with Crippen molar-refractivity contribution in [1.29, 1.82) is 0 Å². The van der Waals surface area contributed by atoms with Crippen LogP contribution in [0.3, 0.4) is 0 Å². The van der Waals surface area contributed by atoms with E-state index in [0.717, 1.165) is 11.8 Å². The van der Waals surface area contributed by atoms with Gasteiger partial charge in [-0.15, -0.1) is 0 Å². The Morgan fingerprint density at radius 3 is 1.49 bits per heavy atom. The van der Waals surface area contributed by atoms with E-state index in [1.165, 1.54) is 193 Å². The molecule has 0 aromatic rings. The molecule has 310 valence electrons.